The Hall–Kier alpha value is -0.0700. The highest BCUT2D eigenvalue weighted by Crippen LogP contribution is 2.42. The Kier molecular flexibility index (Phi) is 9.14. The number of amides is 1. The molecule has 0 radical (unpaired) electrons. The Morgan fingerprint density at radius 2 is 1.70 bits per heavy atom. The summed E-state index contributed by atoms with van der Waals surface area (Å²) in [4.78, 5) is 15.3. The van der Waals surface area contributed by atoms with Crippen LogP contribution in [0.25, 0.3) is 0 Å². The summed E-state index contributed by atoms with van der Waals surface area (Å²) in [7, 11) is 0. The monoisotopic (exact) mass is 421 g/mol. The summed E-state index contributed by atoms with van der Waals surface area (Å²) >= 11 is 0. The first-order valence-electron chi connectivity index (χ1n) is 10.5. The Morgan fingerprint density at radius 3 is 2.30 bits per heavy atom. The fourth-order valence-corrected chi connectivity index (χ4v) is 5.67. The van der Waals surface area contributed by atoms with Crippen LogP contribution in [0.5, 0.6) is 0 Å². The highest BCUT2D eigenvalue weighted by molar-refractivity contribution is 5.85. The predicted octanol–water partition coefficient (Wildman–Crippen LogP) is 2.60. The lowest BCUT2D eigenvalue weighted by Gasteiger charge is -2.44. The van der Waals surface area contributed by atoms with E-state index in [0.717, 1.165) is 57.9 Å². The minimum atomic E-state index is 0. The molecule has 3 atom stereocenters. The zero-order valence-corrected chi connectivity index (χ0v) is 17.9. The van der Waals surface area contributed by atoms with Gasteiger partial charge in [0, 0.05) is 44.2 Å². The molecule has 7 heteroatoms. The van der Waals surface area contributed by atoms with E-state index in [1.807, 2.05) is 0 Å². The van der Waals surface area contributed by atoms with Gasteiger partial charge in [-0.1, -0.05) is 6.42 Å². The highest BCUT2D eigenvalue weighted by atomic mass is 35.5. The van der Waals surface area contributed by atoms with Gasteiger partial charge in [-0.25, -0.2) is 0 Å². The largest absolute Gasteiger partial charge is 0.381 e. The van der Waals surface area contributed by atoms with Gasteiger partial charge >= 0.3 is 0 Å². The maximum absolute atomic E-state index is 12.8. The molecule has 2 heterocycles. The standard InChI is InChI=1S/C20H35N3O2.2ClH/c21-19-15-2-1-3-16(19)11-17(10-15)20(24)22-18-4-7-23(8-5-18)12-14-6-9-25-13-14;;/h14-19H,1-13,21H2,(H,22,24);2*1H. The molecule has 0 aromatic rings. The number of hydrogen-bond donors (Lipinski definition) is 2. The lowest BCUT2D eigenvalue weighted by Crippen LogP contribution is -2.51. The van der Waals surface area contributed by atoms with E-state index >= 15 is 0 Å². The number of carbonyl (C=O) groups is 1. The van der Waals surface area contributed by atoms with Gasteiger partial charge in [-0.3, -0.25) is 4.79 Å². The Bertz CT molecular complexity index is 454. The van der Waals surface area contributed by atoms with Gasteiger partial charge in [-0.2, -0.15) is 0 Å². The molecule has 2 saturated carbocycles. The zero-order valence-electron chi connectivity index (χ0n) is 16.3. The number of nitrogens with one attached hydrogen (secondary N) is 1. The van der Waals surface area contributed by atoms with Gasteiger partial charge in [0.1, 0.15) is 0 Å². The lowest BCUT2D eigenvalue weighted by atomic mass is 9.65. The molecule has 4 fully saturated rings. The second-order valence-electron chi connectivity index (χ2n) is 9.01. The molecule has 0 spiro atoms. The maximum Gasteiger partial charge on any atom is 0.223 e. The molecule has 1 amide bonds. The number of piperidine rings is 1. The van der Waals surface area contributed by atoms with Crippen LogP contribution in [0.15, 0.2) is 0 Å². The molecule has 3 N–H and O–H groups in total. The van der Waals surface area contributed by atoms with Crippen LogP contribution in [0.4, 0.5) is 0 Å². The summed E-state index contributed by atoms with van der Waals surface area (Å²) in [5, 5.41) is 3.38. The third-order valence-electron chi connectivity index (χ3n) is 7.26. The van der Waals surface area contributed by atoms with E-state index in [4.69, 9.17) is 10.5 Å². The van der Waals surface area contributed by atoms with Crippen LogP contribution in [-0.4, -0.2) is 55.7 Å². The first-order chi connectivity index (χ1) is 12.2. The minimum absolute atomic E-state index is 0. The molecule has 2 bridgehead atoms. The molecule has 2 saturated heterocycles. The van der Waals surface area contributed by atoms with E-state index in [1.165, 1.54) is 32.2 Å². The van der Waals surface area contributed by atoms with Crippen LogP contribution in [0.1, 0.15) is 51.4 Å². The second-order valence-corrected chi connectivity index (χ2v) is 9.01. The summed E-state index contributed by atoms with van der Waals surface area (Å²) in [6.07, 6.45) is 9.20. The smallest absolute Gasteiger partial charge is 0.223 e. The Balaban J connectivity index is 0.00000131. The fraction of sp³-hybridized carbons (Fsp3) is 0.950. The maximum atomic E-state index is 12.8. The first kappa shape index (κ1) is 23.2. The molecule has 0 aromatic heterocycles. The minimum Gasteiger partial charge on any atom is -0.381 e. The number of carbonyl (C=O) groups excluding carboxylic acids is 1. The number of fused-ring (bicyclic) bond motifs is 2. The molecular weight excluding hydrogens is 385 g/mol. The summed E-state index contributed by atoms with van der Waals surface area (Å²) in [5.41, 5.74) is 6.37. The van der Waals surface area contributed by atoms with E-state index in [9.17, 15) is 4.79 Å². The number of likely N-dealkylation sites (tertiary alicyclic amines) is 1. The van der Waals surface area contributed by atoms with Crippen molar-refractivity contribution >= 4 is 30.7 Å². The van der Waals surface area contributed by atoms with E-state index < -0.39 is 0 Å². The van der Waals surface area contributed by atoms with Gasteiger partial charge in [-0.05, 0) is 62.7 Å². The Labute approximate surface area is 176 Å². The van der Waals surface area contributed by atoms with Crippen LogP contribution in [0.2, 0.25) is 0 Å². The van der Waals surface area contributed by atoms with E-state index in [0.29, 0.717) is 29.8 Å². The highest BCUT2D eigenvalue weighted by Gasteiger charge is 2.40. The lowest BCUT2D eigenvalue weighted by molar-refractivity contribution is -0.129. The van der Waals surface area contributed by atoms with Gasteiger partial charge in [-0.15, -0.1) is 24.8 Å². The topological polar surface area (TPSA) is 67.6 Å². The number of hydrogen-bond acceptors (Lipinski definition) is 4. The second kappa shape index (κ2) is 10.6. The number of rotatable bonds is 4. The number of ether oxygens (including phenoxy) is 1. The van der Waals surface area contributed by atoms with Gasteiger partial charge in [0.2, 0.25) is 5.91 Å². The van der Waals surface area contributed by atoms with Crippen molar-refractivity contribution in [2.45, 2.75) is 63.5 Å². The molecule has 4 aliphatic rings. The summed E-state index contributed by atoms with van der Waals surface area (Å²) in [6.45, 7) is 5.27. The van der Waals surface area contributed by atoms with Crippen molar-refractivity contribution in [3.05, 3.63) is 0 Å². The third-order valence-corrected chi connectivity index (χ3v) is 7.26. The van der Waals surface area contributed by atoms with E-state index in [-0.39, 0.29) is 30.7 Å². The average molecular weight is 422 g/mol. The van der Waals surface area contributed by atoms with Crippen LogP contribution >= 0.6 is 24.8 Å². The molecule has 5 nitrogen and oxygen atoms in total. The molecule has 2 aliphatic heterocycles. The van der Waals surface area contributed by atoms with Gasteiger partial charge in [0.05, 0.1) is 6.61 Å². The summed E-state index contributed by atoms with van der Waals surface area (Å²) in [5.74, 6) is 2.41. The molecule has 0 aromatic carbocycles. The fourth-order valence-electron chi connectivity index (χ4n) is 5.67. The van der Waals surface area contributed by atoms with Gasteiger partial charge in [0.25, 0.3) is 0 Å². The summed E-state index contributed by atoms with van der Waals surface area (Å²) in [6, 6.07) is 0.722. The quantitative estimate of drug-likeness (QED) is 0.731. The van der Waals surface area contributed by atoms with Crippen molar-refractivity contribution in [2.24, 2.45) is 29.4 Å². The molecule has 2 aliphatic carbocycles. The van der Waals surface area contributed by atoms with Crippen LogP contribution < -0.4 is 11.1 Å². The molecule has 27 heavy (non-hydrogen) atoms. The number of nitrogens with zero attached hydrogens (tertiary/aromatic N) is 1. The molecule has 158 valence electrons. The van der Waals surface area contributed by atoms with Crippen molar-refractivity contribution < 1.29 is 9.53 Å². The first-order valence-corrected chi connectivity index (χ1v) is 10.5. The van der Waals surface area contributed by atoms with Crippen molar-refractivity contribution in [2.75, 3.05) is 32.8 Å². The van der Waals surface area contributed by atoms with Crippen LogP contribution in [0, 0.1) is 23.7 Å². The van der Waals surface area contributed by atoms with Crippen molar-refractivity contribution in [3.63, 3.8) is 0 Å². The van der Waals surface area contributed by atoms with E-state index in [2.05, 4.69) is 10.2 Å². The average Bonchev–Trinajstić information content (AvgIpc) is 3.09. The van der Waals surface area contributed by atoms with Crippen molar-refractivity contribution in [3.8, 4) is 0 Å². The van der Waals surface area contributed by atoms with Crippen molar-refractivity contribution in [1.82, 2.24) is 10.2 Å². The summed E-state index contributed by atoms with van der Waals surface area (Å²) < 4.78 is 5.49. The normalized spacial score (nSPS) is 37.1. The third kappa shape index (κ3) is 5.72. The SMILES string of the molecule is Cl.Cl.NC1C2CCCC1CC(C(=O)NC1CCN(CC3CCOC3)CC1)C2. The number of halogens is 2. The molecule has 4 rings (SSSR count). The van der Waals surface area contributed by atoms with Crippen LogP contribution in [0.3, 0.4) is 0 Å². The van der Waals surface area contributed by atoms with Crippen LogP contribution in [-0.2, 0) is 9.53 Å². The molecule has 3 unspecified atom stereocenters. The molecular formula is C20H37Cl2N3O2. The zero-order chi connectivity index (χ0) is 17.2. The van der Waals surface area contributed by atoms with Gasteiger partial charge in [0.15, 0.2) is 0 Å². The van der Waals surface area contributed by atoms with Crippen molar-refractivity contribution in [1.29, 1.82) is 0 Å². The predicted molar refractivity (Wildman–Crippen MR) is 113 cm³/mol. The number of nitrogens with two attached hydrogens (primary N) is 1. The van der Waals surface area contributed by atoms with E-state index in [1.54, 1.807) is 0 Å². The van der Waals surface area contributed by atoms with Gasteiger partial charge < -0.3 is 20.7 Å². The Morgan fingerprint density at radius 1 is 1.04 bits per heavy atom.